The second-order valence-corrected chi connectivity index (χ2v) is 7.16. The van der Waals surface area contributed by atoms with Crippen LogP contribution in [-0.4, -0.2) is 23.9 Å². The van der Waals surface area contributed by atoms with Gasteiger partial charge in [0.15, 0.2) is 6.61 Å². The van der Waals surface area contributed by atoms with Crippen LogP contribution in [0.1, 0.15) is 49.7 Å². The summed E-state index contributed by atoms with van der Waals surface area (Å²) < 4.78 is 81.0. The maximum Gasteiger partial charge on any atom is 0.422 e. The van der Waals surface area contributed by atoms with Crippen molar-refractivity contribution in [2.24, 2.45) is 0 Å². The number of benzene rings is 2. The molecule has 2 aromatic carbocycles. The molecule has 0 saturated carbocycles. The van der Waals surface area contributed by atoms with Gasteiger partial charge in [0.2, 0.25) is 0 Å². The van der Waals surface area contributed by atoms with Crippen LogP contribution >= 0.6 is 0 Å². The van der Waals surface area contributed by atoms with Gasteiger partial charge in [-0.1, -0.05) is 44.4 Å². The summed E-state index contributed by atoms with van der Waals surface area (Å²) in [6, 6.07) is 8.04. The highest BCUT2D eigenvalue weighted by molar-refractivity contribution is 5.78. The van der Waals surface area contributed by atoms with Crippen molar-refractivity contribution in [2.45, 2.75) is 50.9 Å². The van der Waals surface area contributed by atoms with Gasteiger partial charge in [-0.05, 0) is 47.4 Å². The number of hydrogen-bond acceptors (Lipinski definition) is 2. The summed E-state index contributed by atoms with van der Waals surface area (Å²) in [5, 5.41) is 9.62. The first kappa shape index (κ1) is 24.6. The Hall–Kier alpha value is -2.71. The van der Waals surface area contributed by atoms with Crippen LogP contribution in [-0.2, 0) is 11.0 Å². The second-order valence-electron chi connectivity index (χ2n) is 7.16. The lowest BCUT2D eigenvalue weighted by atomic mass is 9.90. The van der Waals surface area contributed by atoms with Gasteiger partial charge in [0.1, 0.15) is 5.75 Å². The van der Waals surface area contributed by atoms with Crippen molar-refractivity contribution in [3.05, 3.63) is 53.6 Å². The number of halogens is 6. The fourth-order valence-corrected chi connectivity index (χ4v) is 3.12. The predicted octanol–water partition coefficient (Wildman–Crippen LogP) is 7.06. The Kier molecular flexibility index (Phi) is 7.97. The first-order valence-corrected chi connectivity index (χ1v) is 9.65. The summed E-state index contributed by atoms with van der Waals surface area (Å²) >= 11 is 0. The molecule has 0 bridgehead atoms. The smallest absolute Gasteiger partial charge is 0.422 e. The lowest BCUT2D eigenvalue weighted by Crippen LogP contribution is -2.19. The van der Waals surface area contributed by atoms with Gasteiger partial charge in [0.25, 0.3) is 0 Å². The van der Waals surface area contributed by atoms with Crippen molar-refractivity contribution < 1.29 is 41.0 Å². The summed E-state index contributed by atoms with van der Waals surface area (Å²) in [6.07, 6.45) is -6.60. The van der Waals surface area contributed by atoms with Crippen molar-refractivity contribution in [1.29, 1.82) is 0 Å². The van der Waals surface area contributed by atoms with E-state index in [0.29, 0.717) is 12.0 Å². The number of aliphatic carboxylic acids is 1. The van der Waals surface area contributed by atoms with Gasteiger partial charge in [-0.2, -0.15) is 26.3 Å². The molecule has 9 heteroatoms. The number of hydrogen-bond donors (Lipinski definition) is 1. The Morgan fingerprint density at radius 2 is 1.61 bits per heavy atom. The minimum absolute atomic E-state index is 0.202. The molecule has 0 aliphatic carbocycles. The van der Waals surface area contributed by atoms with Crippen molar-refractivity contribution in [3.8, 4) is 16.9 Å². The van der Waals surface area contributed by atoms with Gasteiger partial charge in [0, 0.05) is 0 Å². The Balaban J connectivity index is 2.46. The zero-order valence-electron chi connectivity index (χ0n) is 16.7. The molecule has 0 aliphatic heterocycles. The van der Waals surface area contributed by atoms with Crippen molar-refractivity contribution in [2.75, 3.05) is 6.61 Å². The molecule has 0 aliphatic rings. The first-order valence-electron chi connectivity index (χ1n) is 9.65. The molecule has 2 aromatic rings. The first-order chi connectivity index (χ1) is 14.4. The molecule has 3 nitrogen and oxygen atoms in total. The Labute approximate surface area is 175 Å². The molecule has 0 heterocycles. The molecule has 0 radical (unpaired) electrons. The van der Waals surface area contributed by atoms with Crippen LogP contribution in [0.25, 0.3) is 11.1 Å². The minimum Gasteiger partial charge on any atom is -0.484 e. The van der Waals surface area contributed by atoms with Crippen LogP contribution < -0.4 is 4.74 Å². The molecule has 2 rings (SSSR count). The Morgan fingerprint density at radius 1 is 0.968 bits per heavy atom. The van der Waals surface area contributed by atoms with Gasteiger partial charge in [-0.15, -0.1) is 0 Å². The molecule has 0 aromatic heterocycles. The van der Waals surface area contributed by atoms with Crippen LogP contribution in [0.3, 0.4) is 0 Å². The number of carboxylic acids is 1. The monoisotopic (exact) mass is 448 g/mol. The van der Waals surface area contributed by atoms with E-state index >= 15 is 0 Å². The second kappa shape index (κ2) is 10.1. The van der Waals surface area contributed by atoms with Crippen LogP contribution in [0, 0.1) is 0 Å². The molecule has 0 amide bonds. The Bertz CT molecular complexity index is 872. The standard InChI is InChI=1S/C22H22F6O3/c1-2-3-4-5-19(20(29)30)16-10-15(11-18(12-16)31-13-21(23,24)25)14-6-8-17(9-7-14)22(26,27)28/h6-12,19H,2-5,13H2,1H3,(H,29,30). The number of ether oxygens (including phenoxy) is 1. The highest BCUT2D eigenvalue weighted by Gasteiger charge is 2.31. The topological polar surface area (TPSA) is 46.5 Å². The highest BCUT2D eigenvalue weighted by atomic mass is 19.4. The SMILES string of the molecule is CCCCCC(C(=O)O)c1cc(OCC(F)(F)F)cc(-c2ccc(C(F)(F)F)cc2)c1. The zero-order valence-corrected chi connectivity index (χ0v) is 16.7. The van der Waals surface area contributed by atoms with E-state index in [2.05, 4.69) is 0 Å². The molecular formula is C22H22F6O3. The molecule has 0 saturated heterocycles. The van der Waals surface area contributed by atoms with E-state index in [1.807, 2.05) is 6.92 Å². The van der Waals surface area contributed by atoms with Crippen LogP contribution in [0.15, 0.2) is 42.5 Å². The maximum atomic E-state index is 12.8. The van der Waals surface area contributed by atoms with Crippen molar-refractivity contribution in [1.82, 2.24) is 0 Å². The summed E-state index contributed by atoms with van der Waals surface area (Å²) in [5.74, 6) is -2.32. The van der Waals surface area contributed by atoms with Gasteiger partial charge in [0.05, 0.1) is 11.5 Å². The minimum atomic E-state index is -4.60. The highest BCUT2D eigenvalue weighted by Crippen LogP contribution is 2.35. The quantitative estimate of drug-likeness (QED) is 0.330. The predicted molar refractivity (Wildman–Crippen MR) is 103 cm³/mol. The average molecular weight is 448 g/mol. The van der Waals surface area contributed by atoms with Gasteiger partial charge >= 0.3 is 18.3 Å². The van der Waals surface area contributed by atoms with E-state index in [4.69, 9.17) is 4.74 Å². The number of carbonyl (C=O) groups is 1. The molecule has 0 spiro atoms. The number of carboxylic acid groups (broad SMARTS) is 1. The largest absolute Gasteiger partial charge is 0.484 e. The molecule has 170 valence electrons. The lowest BCUT2D eigenvalue weighted by Gasteiger charge is -2.17. The number of unbranched alkanes of at least 4 members (excludes halogenated alkanes) is 2. The zero-order chi connectivity index (χ0) is 23.2. The molecular weight excluding hydrogens is 426 g/mol. The fourth-order valence-electron chi connectivity index (χ4n) is 3.12. The molecule has 1 N–H and O–H groups in total. The number of rotatable bonds is 9. The van der Waals surface area contributed by atoms with E-state index in [0.717, 1.165) is 25.0 Å². The summed E-state index contributed by atoms with van der Waals surface area (Å²) in [6.45, 7) is 0.376. The summed E-state index contributed by atoms with van der Waals surface area (Å²) in [7, 11) is 0. The third-order valence-corrected chi connectivity index (χ3v) is 4.67. The van der Waals surface area contributed by atoms with E-state index in [1.54, 1.807) is 0 Å². The fraction of sp³-hybridized carbons (Fsp3) is 0.409. The van der Waals surface area contributed by atoms with E-state index in [1.165, 1.54) is 30.3 Å². The van der Waals surface area contributed by atoms with Gasteiger partial charge < -0.3 is 9.84 Å². The van der Waals surface area contributed by atoms with Crippen LogP contribution in [0.5, 0.6) is 5.75 Å². The summed E-state index contributed by atoms with van der Waals surface area (Å²) in [5.41, 5.74) is -0.0725. The average Bonchev–Trinajstić information content (AvgIpc) is 2.68. The maximum absolute atomic E-state index is 12.8. The van der Waals surface area contributed by atoms with Crippen LogP contribution in [0.4, 0.5) is 26.3 Å². The van der Waals surface area contributed by atoms with Gasteiger partial charge in [-0.3, -0.25) is 4.79 Å². The molecule has 31 heavy (non-hydrogen) atoms. The third-order valence-electron chi connectivity index (χ3n) is 4.67. The Morgan fingerprint density at radius 3 is 2.13 bits per heavy atom. The van der Waals surface area contributed by atoms with Crippen LogP contribution in [0.2, 0.25) is 0 Å². The van der Waals surface area contributed by atoms with Crippen molar-refractivity contribution >= 4 is 5.97 Å². The van der Waals surface area contributed by atoms with E-state index < -0.39 is 36.4 Å². The summed E-state index contributed by atoms with van der Waals surface area (Å²) in [4.78, 5) is 11.8. The van der Waals surface area contributed by atoms with Crippen molar-refractivity contribution in [3.63, 3.8) is 0 Å². The van der Waals surface area contributed by atoms with Gasteiger partial charge in [-0.25, -0.2) is 0 Å². The normalized spacial score (nSPS) is 13.1. The molecule has 1 unspecified atom stereocenters. The third kappa shape index (κ3) is 7.48. The van der Waals surface area contributed by atoms with E-state index in [9.17, 15) is 36.2 Å². The lowest BCUT2D eigenvalue weighted by molar-refractivity contribution is -0.153. The molecule has 1 atom stereocenters. The number of alkyl halides is 6. The van der Waals surface area contributed by atoms with E-state index in [-0.39, 0.29) is 23.3 Å². The molecule has 0 fully saturated rings.